The molecule has 0 saturated heterocycles. The summed E-state index contributed by atoms with van der Waals surface area (Å²) in [6.07, 6.45) is 4.49. The Kier molecular flexibility index (Phi) is 2.12. The van der Waals surface area contributed by atoms with Gasteiger partial charge in [-0.25, -0.2) is 0 Å². The maximum atomic E-state index is 8.14. The van der Waals surface area contributed by atoms with Gasteiger partial charge >= 0.3 is 0 Å². The summed E-state index contributed by atoms with van der Waals surface area (Å²) in [6, 6.07) is 2.09. The van der Waals surface area contributed by atoms with E-state index in [4.69, 9.17) is 5.26 Å². The zero-order valence-electron chi connectivity index (χ0n) is 4.81. The third kappa shape index (κ3) is 5.79. The molecule has 7 heavy (non-hydrogen) atoms. The Hall–Kier alpha value is -0.210. The van der Waals surface area contributed by atoms with Gasteiger partial charge in [-0.1, -0.05) is 0 Å². The molecule has 0 aromatic rings. The van der Waals surface area contributed by atoms with Crippen LogP contribution in [0.25, 0.3) is 0 Å². The molecule has 0 amide bonds. The average molecular weight is 115 g/mol. The van der Waals surface area contributed by atoms with Crippen molar-refractivity contribution in [3.05, 3.63) is 0 Å². The van der Waals surface area contributed by atoms with Gasteiger partial charge in [-0.3, -0.25) is 0 Å². The molecule has 0 heterocycles. The second-order valence-corrected chi connectivity index (χ2v) is 6.44. The molecular formula is C5H10NP. The van der Waals surface area contributed by atoms with Crippen LogP contribution in [0.5, 0.6) is 0 Å². The molecule has 0 aliphatic rings. The number of hydrogen-bond acceptors (Lipinski definition) is 1. The van der Waals surface area contributed by atoms with E-state index in [0.717, 1.165) is 0 Å². The van der Waals surface area contributed by atoms with Crippen LogP contribution >= 0.6 is 6.89 Å². The van der Waals surface area contributed by atoms with E-state index in [1.54, 1.807) is 0 Å². The molecule has 2 heteroatoms. The fourth-order valence-corrected chi connectivity index (χ4v) is 0.574. The largest absolute Gasteiger partial charge is 0.198 e. The number of hydrogen-bond donors (Lipinski definition) is 0. The molecule has 0 aromatic heterocycles. The molecule has 40 valence electrons. The summed E-state index contributed by atoms with van der Waals surface area (Å²) in [6.45, 7) is 3.08. The van der Waals surface area contributed by atoms with E-state index >= 15 is 0 Å². The molecule has 0 radical (unpaired) electrons. The van der Waals surface area contributed by atoms with E-state index in [2.05, 4.69) is 25.7 Å². The molecular weight excluding hydrogens is 105 g/mol. The zero-order chi connectivity index (χ0) is 5.91. The quantitative estimate of drug-likeness (QED) is 0.471. The summed E-state index contributed by atoms with van der Waals surface area (Å²) in [5, 5.41) is 8.14. The molecule has 0 aliphatic carbocycles. The summed E-state index contributed by atoms with van der Waals surface area (Å²) in [5.74, 6) is 0. The fraction of sp³-hybridized carbons (Fsp3) is 0.600. The highest BCUT2D eigenvalue weighted by Gasteiger charge is 1.93. The minimum absolute atomic E-state index is 0.646. The van der Waals surface area contributed by atoms with E-state index in [9.17, 15) is 0 Å². The molecule has 0 spiro atoms. The molecule has 0 aromatic carbocycles. The lowest BCUT2D eigenvalue weighted by molar-refractivity contribution is 1.49. The predicted molar refractivity (Wildman–Crippen MR) is 36.4 cm³/mol. The highest BCUT2D eigenvalue weighted by molar-refractivity contribution is 7.72. The van der Waals surface area contributed by atoms with Crippen LogP contribution in [0.1, 0.15) is 0 Å². The van der Waals surface area contributed by atoms with Crippen molar-refractivity contribution >= 4 is 13.2 Å². The lowest BCUT2D eigenvalue weighted by Crippen LogP contribution is -1.78. The Balaban J connectivity index is 3.65. The van der Waals surface area contributed by atoms with Crippen molar-refractivity contribution in [1.82, 2.24) is 0 Å². The van der Waals surface area contributed by atoms with Gasteiger partial charge in [0.2, 0.25) is 0 Å². The van der Waals surface area contributed by atoms with Crippen LogP contribution in [-0.2, 0) is 0 Å². The molecule has 1 nitrogen and oxygen atoms in total. The lowest BCUT2D eigenvalue weighted by atomic mass is 10.9. The molecule has 0 saturated carbocycles. The third-order valence-corrected chi connectivity index (χ3v) is 1.50. The monoisotopic (exact) mass is 115 g/mol. The first kappa shape index (κ1) is 6.79. The Bertz CT molecular complexity index is 126. The van der Waals surface area contributed by atoms with Gasteiger partial charge in [-0.2, -0.15) is 5.26 Å². The summed E-state index contributed by atoms with van der Waals surface area (Å²) < 4.78 is 0. The van der Waals surface area contributed by atoms with Gasteiger partial charge in [0.25, 0.3) is 0 Å². The van der Waals surface area contributed by atoms with Crippen molar-refractivity contribution in [3.8, 4) is 6.07 Å². The van der Waals surface area contributed by atoms with Crippen LogP contribution in [0.15, 0.2) is 0 Å². The Labute approximate surface area is 44.9 Å². The van der Waals surface area contributed by atoms with Crippen molar-refractivity contribution in [1.29, 1.82) is 5.26 Å². The van der Waals surface area contributed by atoms with Crippen molar-refractivity contribution < 1.29 is 0 Å². The molecule has 0 rings (SSSR count). The number of rotatable bonds is 1. The number of nitrogens with zero attached hydrogens (tertiary/aromatic N) is 1. The zero-order valence-corrected chi connectivity index (χ0v) is 5.70. The van der Waals surface area contributed by atoms with Crippen LogP contribution in [0.4, 0.5) is 0 Å². The predicted octanol–water partition coefficient (Wildman–Crippen LogP) is 1.22. The highest BCUT2D eigenvalue weighted by Crippen LogP contribution is 2.33. The highest BCUT2D eigenvalue weighted by atomic mass is 31.2. The van der Waals surface area contributed by atoms with Gasteiger partial charge in [0, 0.05) is 0 Å². The van der Waals surface area contributed by atoms with Crippen molar-refractivity contribution in [2.75, 3.05) is 19.5 Å². The van der Waals surface area contributed by atoms with Gasteiger partial charge in [0.15, 0.2) is 0 Å². The van der Waals surface area contributed by atoms with E-state index < -0.39 is 6.89 Å². The van der Waals surface area contributed by atoms with Crippen LogP contribution in [-0.4, -0.2) is 25.8 Å². The first-order chi connectivity index (χ1) is 3.06. The molecule has 0 unspecified atom stereocenters. The summed E-state index contributed by atoms with van der Waals surface area (Å²) in [4.78, 5) is 0. The van der Waals surface area contributed by atoms with E-state index in [1.165, 1.54) is 0 Å². The molecule has 0 fully saturated rings. The SMILES string of the molecule is C=P(C)(C)CC#N. The first-order valence-electron chi connectivity index (χ1n) is 2.10. The van der Waals surface area contributed by atoms with E-state index in [1.807, 2.05) is 0 Å². The summed E-state index contributed by atoms with van der Waals surface area (Å²) >= 11 is 0. The lowest BCUT2D eigenvalue weighted by Gasteiger charge is -2.02. The fourth-order valence-electron chi connectivity index (χ4n) is 0.191. The van der Waals surface area contributed by atoms with Gasteiger partial charge in [0.05, 0.1) is 12.2 Å². The topological polar surface area (TPSA) is 23.8 Å². The minimum atomic E-state index is -1.03. The second-order valence-electron chi connectivity index (χ2n) is 2.25. The van der Waals surface area contributed by atoms with E-state index in [0.29, 0.717) is 6.16 Å². The van der Waals surface area contributed by atoms with Gasteiger partial charge in [-0.05, 0) is 13.3 Å². The van der Waals surface area contributed by atoms with Crippen molar-refractivity contribution in [3.63, 3.8) is 0 Å². The molecule has 0 bridgehead atoms. The average Bonchev–Trinajstić information content (AvgIpc) is 1.30. The summed E-state index contributed by atoms with van der Waals surface area (Å²) in [7, 11) is 0. The Morgan fingerprint density at radius 1 is 1.71 bits per heavy atom. The minimum Gasteiger partial charge on any atom is -0.198 e. The molecule has 0 N–H and O–H groups in total. The van der Waals surface area contributed by atoms with E-state index in [-0.39, 0.29) is 0 Å². The standard InChI is InChI=1S/C5H10NP/c1-7(2,3)5-4-6/h1,5H2,2-3H3. The van der Waals surface area contributed by atoms with Crippen molar-refractivity contribution in [2.24, 2.45) is 0 Å². The second kappa shape index (κ2) is 2.19. The Morgan fingerprint density at radius 3 is 2.14 bits per heavy atom. The smallest absolute Gasteiger partial charge is 0.0668 e. The van der Waals surface area contributed by atoms with Crippen LogP contribution < -0.4 is 0 Å². The van der Waals surface area contributed by atoms with Gasteiger partial charge in [0.1, 0.15) is 0 Å². The van der Waals surface area contributed by atoms with Crippen LogP contribution in [0.3, 0.4) is 0 Å². The molecule has 0 aliphatic heterocycles. The normalized spacial score (nSPS) is 10.4. The van der Waals surface area contributed by atoms with Gasteiger partial charge < -0.3 is 0 Å². The maximum Gasteiger partial charge on any atom is 0.0668 e. The third-order valence-electron chi connectivity index (χ3n) is 0.499. The maximum absolute atomic E-state index is 8.14. The van der Waals surface area contributed by atoms with Gasteiger partial charge in [-0.15, -0.1) is 13.2 Å². The first-order valence-corrected chi connectivity index (χ1v) is 5.16. The molecule has 0 atom stereocenters. The van der Waals surface area contributed by atoms with Crippen LogP contribution in [0, 0.1) is 11.3 Å². The Morgan fingerprint density at radius 2 is 2.14 bits per heavy atom. The number of nitriles is 1. The van der Waals surface area contributed by atoms with Crippen LogP contribution in [0.2, 0.25) is 0 Å². The summed E-state index contributed by atoms with van der Waals surface area (Å²) in [5.41, 5.74) is 0. The van der Waals surface area contributed by atoms with Crippen molar-refractivity contribution in [2.45, 2.75) is 0 Å².